The average molecular weight is 238 g/mol. The van der Waals surface area contributed by atoms with Crippen molar-refractivity contribution < 1.29 is 9.32 Å². The van der Waals surface area contributed by atoms with Gasteiger partial charge in [-0.15, -0.1) is 0 Å². The molecule has 0 aliphatic heterocycles. The molecule has 96 valence electrons. The zero-order valence-electron chi connectivity index (χ0n) is 11.5. The molecule has 17 heavy (non-hydrogen) atoms. The first kappa shape index (κ1) is 13.7. The van der Waals surface area contributed by atoms with Crippen molar-refractivity contribution in [2.75, 3.05) is 0 Å². The van der Waals surface area contributed by atoms with Crippen molar-refractivity contribution in [1.29, 1.82) is 0 Å². The number of hydrogen-bond acceptors (Lipinski definition) is 3. The van der Waals surface area contributed by atoms with Crippen molar-refractivity contribution in [3.05, 3.63) is 17.0 Å². The molecular formula is C13H22N2O2. The molecule has 0 bridgehead atoms. The van der Waals surface area contributed by atoms with Crippen LogP contribution < -0.4 is 5.32 Å². The lowest BCUT2D eigenvalue weighted by Crippen LogP contribution is -2.41. The Morgan fingerprint density at radius 1 is 1.47 bits per heavy atom. The smallest absolute Gasteiger partial charge is 0.257 e. The molecule has 1 aromatic heterocycles. The summed E-state index contributed by atoms with van der Waals surface area (Å²) in [6, 6.07) is 0.0917. The highest BCUT2D eigenvalue weighted by Crippen LogP contribution is 2.20. The highest BCUT2D eigenvalue weighted by Gasteiger charge is 2.25. The molecule has 0 spiro atoms. The Morgan fingerprint density at radius 2 is 2.06 bits per heavy atom. The number of carbonyl (C=O) groups is 1. The van der Waals surface area contributed by atoms with E-state index in [2.05, 4.69) is 31.2 Å². The van der Waals surface area contributed by atoms with Crippen molar-refractivity contribution in [3.8, 4) is 0 Å². The third kappa shape index (κ3) is 3.08. The molecule has 0 aromatic carbocycles. The summed E-state index contributed by atoms with van der Waals surface area (Å²) in [4.78, 5) is 12.2. The maximum atomic E-state index is 12.2. The number of hydrogen-bond donors (Lipinski definition) is 1. The fourth-order valence-electron chi connectivity index (χ4n) is 1.44. The van der Waals surface area contributed by atoms with E-state index in [1.54, 1.807) is 6.92 Å². The van der Waals surface area contributed by atoms with Crippen molar-refractivity contribution in [1.82, 2.24) is 10.5 Å². The van der Waals surface area contributed by atoms with Crippen LogP contribution in [0.3, 0.4) is 0 Å². The second-order valence-corrected chi connectivity index (χ2v) is 5.48. The van der Waals surface area contributed by atoms with Crippen LogP contribution >= 0.6 is 0 Å². The van der Waals surface area contributed by atoms with E-state index in [-0.39, 0.29) is 17.4 Å². The molecule has 0 saturated heterocycles. The van der Waals surface area contributed by atoms with Crippen molar-refractivity contribution in [3.63, 3.8) is 0 Å². The SMILES string of the molecule is CCc1noc(C)c1C(=O)N[C@@H](C)C(C)(C)C. The van der Waals surface area contributed by atoms with E-state index >= 15 is 0 Å². The number of rotatable bonds is 3. The topological polar surface area (TPSA) is 55.1 Å². The zero-order valence-corrected chi connectivity index (χ0v) is 11.5. The lowest BCUT2D eigenvalue weighted by Gasteiger charge is -2.28. The van der Waals surface area contributed by atoms with Gasteiger partial charge in [-0.1, -0.05) is 32.9 Å². The van der Waals surface area contributed by atoms with E-state index in [1.807, 2.05) is 13.8 Å². The lowest BCUT2D eigenvalue weighted by atomic mass is 9.88. The van der Waals surface area contributed by atoms with Crippen LogP contribution in [-0.4, -0.2) is 17.1 Å². The fraction of sp³-hybridized carbons (Fsp3) is 0.692. The lowest BCUT2D eigenvalue weighted by molar-refractivity contribution is 0.0908. The van der Waals surface area contributed by atoms with Gasteiger partial charge in [0.1, 0.15) is 11.3 Å². The third-order valence-corrected chi connectivity index (χ3v) is 3.14. The summed E-state index contributed by atoms with van der Waals surface area (Å²) < 4.78 is 5.06. The summed E-state index contributed by atoms with van der Waals surface area (Å²) in [5.41, 5.74) is 1.34. The summed E-state index contributed by atoms with van der Waals surface area (Å²) in [7, 11) is 0. The summed E-state index contributed by atoms with van der Waals surface area (Å²) in [5, 5.41) is 6.89. The first-order valence-electron chi connectivity index (χ1n) is 6.03. The van der Waals surface area contributed by atoms with Gasteiger partial charge in [-0.3, -0.25) is 4.79 Å². The predicted molar refractivity (Wildman–Crippen MR) is 67.0 cm³/mol. The highest BCUT2D eigenvalue weighted by molar-refractivity contribution is 5.96. The van der Waals surface area contributed by atoms with Gasteiger partial charge in [0, 0.05) is 6.04 Å². The van der Waals surface area contributed by atoms with Crippen LogP contribution in [0.4, 0.5) is 0 Å². The third-order valence-electron chi connectivity index (χ3n) is 3.14. The summed E-state index contributed by atoms with van der Waals surface area (Å²) in [6.07, 6.45) is 0.698. The van der Waals surface area contributed by atoms with E-state index in [9.17, 15) is 4.79 Å². The van der Waals surface area contributed by atoms with Crippen LogP contribution in [-0.2, 0) is 6.42 Å². The van der Waals surface area contributed by atoms with Gasteiger partial charge in [0.25, 0.3) is 5.91 Å². The number of carbonyl (C=O) groups excluding carboxylic acids is 1. The van der Waals surface area contributed by atoms with E-state index in [4.69, 9.17) is 4.52 Å². The first-order valence-corrected chi connectivity index (χ1v) is 6.03. The van der Waals surface area contributed by atoms with Gasteiger partial charge in [-0.05, 0) is 25.7 Å². The average Bonchev–Trinajstić information content (AvgIpc) is 2.57. The molecule has 0 fully saturated rings. The second-order valence-electron chi connectivity index (χ2n) is 5.48. The number of aromatic nitrogens is 1. The Kier molecular flexibility index (Phi) is 3.96. The van der Waals surface area contributed by atoms with Crippen molar-refractivity contribution >= 4 is 5.91 Å². The molecule has 0 unspecified atom stereocenters. The van der Waals surface area contributed by atoms with Crippen LogP contribution in [0.15, 0.2) is 4.52 Å². The van der Waals surface area contributed by atoms with Gasteiger partial charge < -0.3 is 9.84 Å². The zero-order chi connectivity index (χ0) is 13.2. The minimum atomic E-state index is -0.0944. The van der Waals surface area contributed by atoms with Crippen molar-refractivity contribution in [2.24, 2.45) is 5.41 Å². The normalized spacial score (nSPS) is 13.5. The molecule has 1 amide bonds. The summed E-state index contributed by atoms with van der Waals surface area (Å²) in [6.45, 7) is 12.0. The molecule has 1 aromatic rings. The Balaban J connectivity index is 2.87. The summed E-state index contributed by atoms with van der Waals surface area (Å²) >= 11 is 0. The molecular weight excluding hydrogens is 216 g/mol. The van der Waals surface area contributed by atoms with Gasteiger partial charge in [-0.25, -0.2) is 0 Å². The number of aryl methyl sites for hydroxylation is 2. The molecule has 1 rings (SSSR count). The van der Waals surface area contributed by atoms with Gasteiger partial charge in [0.05, 0.1) is 5.69 Å². The van der Waals surface area contributed by atoms with Gasteiger partial charge in [0.15, 0.2) is 0 Å². The Labute approximate surface area is 103 Å². The standard InChI is InChI=1S/C13H22N2O2/c1-7-10-11(8(2)17-15-10)12(16)14-9(3)13(4,5)6/h9H,7H2,1-6H3,(H,14,16)/t9-/m0/s1. The highest BCUT2D eigenvalue weighted by atomic mass is 16.5. The molecule has 4 nitrogen and oxygen atoms in total. The van der Waals surface area contributed by atoms with E-state index < -0.39 is 0 Å². The monoisotopic (exact) mass is 238 g/mol. The van der Waals surface area contributed by atoms with Crippen molar-refractivity contribution in [2.45, 2.75) is 54.0 Å². The van der Waals surface area contributed by atoms with Crippen LogP contribution in [0.1, 0.15) is 56.4 Å². The van der Waals surface area contributed by atoms with Crippen LogP contribution in [0, 0.1) is 12.3 Å². The quantitative estimate of drug-likeness (QED) is 0.880. The van der Waals surface area contributed by atoms with Gasteiger partial charge in [0.2, 0.25) is 0 Å². The minimum absolute atomic E-state index is 0.0348. The Bertz CT molecular complexity index is 402. The first-order chi connectivity index (χ1) is 7.77. The predicted octanol–water partition coefficient (Wildman–Crippen LogP) is 2.71. The number of amides is 1. The Hall–Kier alpha value is -1.32. The fourth-order valence-corrected chi connectivity index (χ4v) is 1.44. The molecule has 1 N–H and O–H groups in total. The largest absolute Gasteiger partial charge is 0.361 e. The van der Waals surface area contributed by atoms with Crippen LogP contribution in [0.2, 0.25) is 0 Å². The van der Waals surface area contributed by atoms with Gasteiger partial charge in [-0.2, -0.15) is 0 Å². The van der Waals surface area contributed by atoms with E-state index in [0.717, 1.165) is 5.69 Å². The van der Waals surface area contributed by atoms with Crippen LogP contribution in [0.25, 0.3) is 0 Å². The maximum Gasteiger partial charge on any atom is 0.257 e. The van der Waals surface area contributed by atoms with E-state index in [0.29, 0.717) is 17.7 Å². The molecule has 1 heterocycles. The molecule has 0 aliphatic rings. The van der Waals surface area contributed by atoms with E-state index in [1.165, 1.54) is 0 Å². The number of nitrogens with one attached hydrogen (secondary N) is 1. The molecule has 0 radical (unpaired) electrons. The maximum absolute atomic E-state index is 12.2. The number of nitrogens with zero attached hydrogens (tertiary/aromatic N) is 1. The van der Waals surface area contributed by atoms with Crippen LogP contribution in [0.5, 0.6) is 0 Å². The molecule has 0 aliphatic carbocycles. The molecule has 1 atom stereocenters. The molecule has 4 heteroatoms. The summed E-state index contributed by atoms with van der Waals surface area (Å²) in [5.74, 6) is 0.489. The second kappa shape index (κ2) is 4.90. The minimum Gasteiger partial charge on any atom is -0.361 e. The Morgan fingerprint density at radius 3 is 2.53 bits per heavy atom. The molecule has 0 saturated carbocycles. The van der Waals surface area contributed by atoms with Gasteiger partial charge >= 0.3 is 0 Å².